The summed E-state index contributed by atoms with van der Waals surface area (Å²) in [4.78, 5) is 46.6. The Morgan fingerprint density at radius 3 is 2.65 bits per heavy atom. The Morgan fingerprint density at radius 1 is 1.24 bits per heavy atom. The summed E-state index contributed by atoms with van der Waals surface area (Å²) in [5.41, 5.74) is 10.8. The van der Waals surface area contributed by atoms with Crippen molar-refractivity contribution in [2.75, 3.05) is 24.0 Å². The van der Waals surface area contributed by atoms with Gasteiger partial charge in [0.1, 0.15) is 35.5 Å². The van der Waals surface area contributed by atoms with E-state index in [1.165, 1.54) is 23.2 Å². The van der Waals surface area contributed by atoms with Crippen LogP contribution in [0.15, 0.2) is 23.4 Å². The Balaban J connectivity index is 1.64. The molecule has 184 valence electrons. The average Bonchev–Trinajstić information content (AvgIpc) is 3.27. The van der Waals surface area contributed by atoms with E-state index >= 15 is 0 Å². The molecule has 0 bridgehead atoms. The van der Waals surface area contributed by atoms with Gasteiger partial charge < -0.3 is 40.7 Å². The molecule has 0 saturated carbocycles. The molecule has 1 fully saturated rings. The molecular weight excluding hydrogens is 498 g/mol. The maximum atomic E-state index is 12.2. The van der Waals surface area contributed by atoms with Crippen molar-refractivity contribution in [3.05, 3.63) is 29.1 Å². The van der Waals surface area contributed by atoms with Crippen LogP contribution in [-0.2, 0) is 18.4 Å². The predicted molar refractivity (Wildman–Crippen MR) is 115 cm³/mol. The van der Waals surface area contributed by atoms with E-state index in [0.717, 1.165) is 4.57 Å². The first-order valence-electron chi connectivity index (χ1n) is 9.52. The number of nitrogen functional groups attached to an aromatic ring is 2. The largest absolute Gasteiger partial charge is 0.387 e. The molecule has 0 radical (unpaired) electrons. The van der Waals surface area contributed by atoms with Gasteiger partial charge in [0.25, 0.3) is 0 Å². The Bertz CT molecular complexity index is 1360. The van der Waals surface area contributed by atoms with E-state index in [1.807, 2.05) is 0 Å². The average molecular weight is 518 g/mol. The number of rotatable bonds is 7. The van der Waals surface area contributed by atoms with Crippen LogP contribution in [0.1, 0.15) is 6.23 Å². The van der Waals surface area contributed by atoms with Crippen LogP contribution in [0.4, 0.5) is 11.6 Å². The van der Waals surface area contributed by atoms with Gasteiger partial charge in [-0.3, -0.25) is 13.7 Å². The van der Waals surface area contributed by atoms with Crippen LogP contribution < -0.4 is 17.2 Å². The van der Waals surface area contributed by atoms with Crippen LogP contribution in [0.2, 0.25) is 0 Å². The molecule has 17 nitrogen and oxygen atoms in total. The Morgan fingerprint density at radius 2 is 1.97 bits per heavy atom. The van der Waals surface area contributed by atoms with Gasteiger partial charge in [-0.05, 0) is 6.07 Å². The van der Waals surface area contributed by atoms with Crippen molar-refractivity contribution < 1.29 is 38.4 Å². The summed E-state index contributed by atoms with van der Waals surface area (Å²) in [6, 6.07) is 1.35. The van der Waals surface area contributed by atoms with Crippen LogP contribution in [0.3, 0.4) is 0 Å². The smallest absolute Gasteiger partial charge is 0.356 e. The third-order valence-electron chi connectivity index (χ3n) is 4.86. The third kappa shape index (κ3) is 4.73. The lowest BCUT2D eigenvalue weighted by atomic mass is 10.1. The molecule has 1 aliphatic heterocycles. The van der Waals surface area contributed by atoms with Gasteiger partial charge in [-0.25, -0.2) is 14.3 Å². The summed E-state index contributed by atoms with van der Waals surface area (Å²) in [5, 5.41) is 20.9. The molecule has 34 heavy (non-hydrogen) atoms. The molecule has 3 aromatic rings. The van der Waals surface area contributed by atoms with Crippen LogP contribution in [0.25, 0.3) is 17.1 Å². The fourth-order valence-electron chi connectivity index (χ4n) is 3.29. The summed E-state index contributed by atoms with van der Waals surface area (Å²) in [6.07, 6.45) is -3.17. The van der Waals surface area contributed by atoms with Crippen molar-refractivity contribution in [3.63, 3.8) is 0 Å². The van der Waals surface area contributed by atoms with Gasteiger partial charge in [-0.15, -0.1) is 0 Å². The molecule has 0 spiro atoms. The minimum absolute atomic E-state index is 0.0102. The zero-order chi connectivity index (χ0) is 24.8. The highest BCUT2D eigenvalue weighted by atomic mass is 31.2. The number of nitrogens with zero attached hydrogens (tertiary/aromatic N) is 6. The summed E-state index contributed by atoms with van der Waals surface area (Å²) < 4.78 is 35.2. The first kappa shape index (κ1) is 24.4. The van der Waals surface area contributed by atoms with E-state index < -0.39 is 58.4 Å². The van der Waals surface area contributed by atoms with Crippen LogP contribution in [-0.4, -0.2) is 79.9 Å². The highest BCUT2D eigenvalue weighted by Gasteiger charge is 2.45. The summed E-state index contributed by atoms with van der Waals surface area (Å²) in [6.45, 7) is -0.654. The van der Waals surface area contributed by atoms with E-state index in [-0.39, 0.29) is 28.7 Å². The first-order chi connectivity index (χ1) is 16.0. The lowest BCUT2D eigenvalue weighted by Crippen LogP contribution is -2.33. The SMILES string of the molecule is Nc1ccn(-c2nc(N)c3ncn(C4OC(COP(=O)(O)C[PH](=O)O)C(O)C4O)c3n2)c(=O)n1. The first-order valence-corrected chi connectivity index (χ1v) is 12.8. The van der Waals surface area contributed by atoms with Gasteiger partial charge in [-0.2, -0.15) is 15.0 Å². The topological polar surface area (TPSA) is 264 Å². The summed E-state index contributed by atoms with van der Waals surface area (Å²) in [7, 11) is -7.70. The second-order valence-corrected chi connectivity index (χ2v) is 10.9. The lowest BCUT2D eigenvalue weighted by Gasteiger charge is -2.17. The number of aliphatic hydroxyl groups excluding tert-OH is 2. The number of hydrogen-bond donors (Lipinski definition) is 6. The van der Waals surface area contributed by atoms with Crippen LogP contribution in [0, 0.1) is 0 Å². The standard InChI is InChI=1S/C15H20N8O9P2/c16-7-1-2-22(15(26)19-7)14-20-11(17)8-12(21-14)23(4-18-8)13-10(25)9(24)6(32-13)3-31-34(29,30)5-33(27)28/h1-2,4,6,9-10,13,24-25,33H,3,5H2,(H,27,28)(H,29,30)(H2,16,19,26)(H2,17,20,21). The van der Waals surface area contributed by atoms with Crippen LogP contribution >= 0.6 is 15.6 Å². The molecule has 19 heteroatoms. The molecular formula is C15H20N8O9P2. The fourth-order valence-corrected chi connectivity index (χ4v) is 5.40. The third-order valence-corrected chi connectivity index (χ3v) is 8.10. The Kier molecular flexibility index (Phi) is 6.54. The van der Waals surface area contributed by atoms with E-state index in [4.69, 9.17) is 25.6 Å². The second kappa shape index (κ2) is 9.13. The Labute approximate surface area is 190 Å². The van der Waals surface area contributed by atoms with E-state index in [0.29, 0.717) is 0 Å². The van der Waals surface area contributed by atoms with Gasteiger partial charge in [0.2, 0.25) is 14.0 Å². The minimum Gasteiger partial charge on any atom is -0.387 e. The molecule has 8 N–H and O–H groups in total. The molecule has 0 aromatic carbocycles. The van der Waals surface area contributed by atoms with Crippen molar-refractivity contribution in [1.82, 2.24) is 29.1 Å². The van der Waals surface area contributed by atoms with Gasteiger partial charge in [0.05, 0.1) is 12.9 Å². The number of fused-ring (bicyclic) bond motifs is 1. The molecule has 6 atom stereocenters. The maximum Gasteiger partial charge on any atom is 0.356 e. The zero-order valence-corrected chi connectivity index (χ0v) is 19.0. The van der Waals surface area contributed by atoms with Gasteiger partial charge in [0.15, 0.2) is 17.7 Å². The fraction of sp³-hybridized carbons (Fsp3) is 0.400. The number of ether oxygens (including phenoxy) is 1. The van der Waals surface area contributed by atoms with E-state index in [1.54, 1.807) is 0 Å². The summed E-state index contributed by atoms with van der Waals surface area (Å²) >= 11 is 0. The number of anilines is 2. The maximum absolute atomic E-state index is 12.2. The summed E-state index contributed by atoms with van der Waals surface area (Å²) in [5.74, 6) is -1.24. The number of imidazole rings is 1. The highest BCUT2D eigenvalue weighted by Crippen LogP contribution is 2.49. The van der Waals surface area contributed by atoms with Crippen LogP contribution in [0.5, 0.6) is 0 Å². The number of nitrogens with two attached hydrogens (primary N) is 2. The molecule has 0 aliphatic carbocycles. The van der Waals surface area contributed by atoms with Crippen molar-refractivity contribution in [2.45, 2.75) is 24.5 Å². The highest BCUT2D eigenvalue weighted by molar-refractivity contribution is 7.64. The van der Waals surface area contributed by atoms with Crippen molar-refractivity contribution in [1.29, 1.82) is 0 Å². The van der Waals surface area contributed by atoms with E-state index in [2.05, 4.69) is 19.9 Å². The van der Waals surface area contributed by atoms with E-state index in [9.17, 15) is 29.0 Å². The number of aliphatic hydroxyl groups is 2. The Hall–Kier alpha value is -2.75. The van der Waals surface area contributed by atoms with Crippen molar-refractivity contribution in [3.8, 4) is 5.95 Å². The van der Waals surface area contributed by atoms with Crippen molar-refractivity contribution >= 4 is 38.4 Å². The predicted octanol–water partition coefficient (Wildman–Crippen LogP) is -2.22. The minimum atomic E-state index is -4.42. The van der Waals surface area contributed by atoms with Gasteiger partial charge in [-0.1, -0.05) is 0 Å². The molecule has 0 amide bonds. The zero-order valence-electron chi connectivity index (χ0n) is 17.1. The number of aromatic nitrogens is 6. The van der Waals surface area contributed by atoms with Gasteiger partial charge >= 0.3 is 13.3 Å². The molecule has 4 heterocycles. The molecule has 4 rings (SSSR count). The lowest BCUT2D eigenvalue weighted by molar-refractivity contribution is -0.0483. The molecule has 1 aliphatic rings. The molecule has 3 aromatic heterocycles. The van der Waals surface area contributed by atoms with Gasteiger partial charge in [0, 0.05) is 6.20 Å². The quantitative estimate of drug-likeness (QED) is 0.181. The normalized spacial score (nSPS) is 25.4. The monoisotopic (exact) mass is 518 g/mol. The second-order valence-electron chi connectivity index (χ2n) is 7.27. The number of hydrogen-bond acceptors (Lipinski definition) is 13. The molecule has 1 saturated heterocycles. The van der Waals surface area contributed by atoms with Crippen molar-refractivity contribution in [2.24, 2.45) is 0 Å². The molecule has 6 unspecified atom stereocenters.